The monoisotopic (exact) mass is 260 g/mol. The maximum atomic E-state index is 13.7. The van der Waals surface area contributed by atoms with Crippen LogP contribution in [0.2, 0.25) is 0 Å². The minimum absolute atomic E-state index is 0.257. The van der Waals surface area contributed by atoms with E-state index in [1.165, 1.54) is 12.1 Å². The van der Waals surface area contributed by atoms with Gasteiger partial charge in [0, 0.05) is 17.8 Å². The fourth-order valence-corrected chi connectivity index (χ4v) is 1.98. The van der Waals surface area contributed by atoms with Gasteiger partial charge in [-0.1, -0.05) is 6.07 Å². The molecule has 5 heteroatoms. The molecule has 0 saturated carbocycles. The molecular weight excluding hydrogens is 250 g/mol. The Kier molecular flexibility index (Phi) is 2.67. The molecule has 0 aliphatic rings. The van der Waals surface area contributed by atoms with E-state index in [0.717, 1.165) is 6.07 Å². The lowest BCUT2D eigenvalue weighted by molar-refractivity contribution is 0.392. The van der Waals surface area contributed by atoms with Gasteiger partial charge in [0.2, 0.25) is 0 Å². The van der Waals surface area contributed by atoms with Crippen LogP contribution in [0.15, 0.2) is 42.6 Å². The van der Waals surface area contributed by atoms with Crippen LogP contribution in [-0.2, 0) is 0 Å². The molecule has 0 amide bonds. The average Bonchev–Trinajstić information content (AvgIpc) is 2.81. The van der Waals surface area contributed by atoms with Crippen molar-refractivity contribution >= 4 is 5.65 Å². The largest absolute Gasteiger partial charge is 0.482 e. The van der Waals surface area contributed by atoms with Gasteiger partial charge in [-0.25, -0.2) is 13.8 Å². The Morgan fingerprint density at radius 2 is 2.00 bits per heavy atom. The van der Waals surface area contributed by atoms with E-state index in [-0.39, 0.29) is 5.56 Å². The van der Waals surface area contributed by atoms with Gasteiger partial charge in [-0.3, -0.25) is 4.40 Å². The van der Waals surface area contributed by atoms with Crippen molar-refractivity contribution < 1.29 is 13.5 Å². The number of methoxy groups -OCH3 is 1. The highest BCUT2D eigenvalue weighted by Gasteiger charge is 2.11. The number of ether oxygens (including phenoxy) is 1. The summed E-state index contributed by atoms with van der Waals surface area (Å²) in [6.45, 7) is 0. The maximum Gasteiger partial charge on any atom is 0.198 e. The van der Waals surface area contributed by atoms with E-state index in [2.05, 4.69) is 4.98 Å². The summed E-state index contributed by atoms with van der Waals surface area (Å²) in [6.07, 6.45) is 1.66. The first-order chi connectivity index (χ1) is 9.19. The zero-order chi connectivity index (χ0) is 13.4. The van der Waals surface area contributed by atoms with Crippen molar-refractivity contribution in [1.29, 1.82) is 0 Å². The molecule has 2 heterocycles. The van der Waals surface area contributed by atoms with E-state index >= 15 is 0 Å². The van der Waals surface area contributed by atoms with Crippen LogP contribution in [0.25, 0.3) is 16.9 Å². The van der Waals surface area contributed by atoms with Gasteiger partial charge >= 0.3 is 0 Å². The Bertz CT molecular complexity index is 752. The zero-order valence-electron chi connectivity index (χ0n) is 10.1. The van der Waals surface area contributed by atoms with Crippen molar-refractivity contribution in [2.75, 3.05) is 7.11 Å². The minimum atomic E-state index is -0.637. The van der Waals surface area contributed by atoms with Crippen molar-refractivity contribution in [2.24, 2.45) is 0 Å². The molecule has 0 unspecified atom stereocenters. The molecule has 0 spiro atoms. The first kappa shape index (κ1) is 11.6. The third-order valence-corrected chi connectivity index (χ3v) is 2.87. The number of nitrogens with zero attached hydrogens (tertiary/aromatic N) is 2. The van der Waals surface area contributed by atoms with Gasteiger partial charge in [0.15, 0.2) is 5.88 Å². The summed E-state index contributed by atoms with van der Waals surface area (Å²) in [7, 11) is 1.55. The molecule has 3 aromatic rings. The predicted molar refractivity (Wildman–Crippen MR) is 67.1 cm³/mol. The standard InChI is InChI=1S/C14H10F2N2O/c1-19-14-4-2-3-13-17-12(8-18(13)14)10-6-5-9(15)7-11(10)16/h2-8H,1H3. The highest BCUT2D eigenvalue weighted by atomic mass is 19.1. The summed E-state index contributed by atoms with van der Waals surface area (Å²) < 4.78 is 33.5. The fraction of sp³-hybridized carbons (Fsp3) is 0.0714. The molecule has 0 radical (unpaired) electrons. The zero-order valence-corrected chi connectivity index (χ0v) is 10.1. The molecule has 1 aromatic carbocycles. The molecule has 96 valence electrons. The smallest absolute Gasteiger partial charge is 0.198 e. The molecule has 3 nitrogen and oxygen atoms in total. The number of pyridine rings is 1. The normalized spacial score (nSPS) is 10.9. The third-order valence-electron chi connectivity index (χ3n) is 2.87. The molecule has 2 aromatic heterocycles. The Hall–Kier alpha value is -2.43. The number of rotatable bonds is 2. The van der Waals surface area contributed by atoms with Crippen LogP contribution in [0, 0.1) is 11.6 Å². The van der Waals surface area contributed by atoms with Crippen LogP contribution in [0.4, 0.5) is 8.78 Å². The van der Waals surface area contributed by atoms with Crippen LogP contribution >= 0.6 is 0 Å². The number of hydrogen-bond acceptors (Lipinski definition) is 2. The summed E-state index contributed by atoms with van der Waals surface area (Å²) in [5.74, 6) is -0.649. The van der Waals surface area contributed by atoms with Crippen LogP contribution in [-0.4, -0.2) is 16.5 Å². The second-order valence-corrected chi connectivity index (χ2v) is 4.05. The van der Waals surface area contributed by atoms with Gasteiger partial charge in [0.1, 0.15) is 17.3 Å². The topological polar surface area (TPSA) is 26.5 Å². The van der Waals surface area contributed by atoms with Crippen molar-refractivity contribution in [3.05, 3.63) is 54.2 Å². The van der Waals surface area contributed by atoms with E-state index in [4.69, 9.17) is 4.74 Å². The second kappa shape index (κ2) is 4.35. The Labute approximate surface area is 108 Å². The van der Waals surface area contributed by atoms with Crippen LogP contribution in [0.3, 0.4) is 0 Å². The third kappa shape index (κ3) is 1.93. The number of aromatic nitrogens is 2. The molecule has 3 rings (SSSR count). The maximum absolute atomic E-state index is 13.7. The molecule has 0 saturated heterocycles. The predicted octanol–water partition coefficient (Wildman–Crippen LogP) is 3.29. The molecule has 0 fully saturated rings. The summed E-state index contributed by atoms with van der Waals surface area (Å²) in [5, 5.41) is 0. The molecule has 0 aliphatic carbocycles. The van der Waals surface area contributed by atoms with Gasteiger partial charge in [0.25, 0.3) is 0 Å². The van der Waals surface area contributed by atoms with Gasteiger partial charge in [-0.2, -0.15) is 0 Å². The Balaban J connectivity index is 2.20. The lowest BCUT2D eigenvalue weighted by Gasteiger charge is -2.01. The van der Waals surface area contributed by atoms with Crippen molar-refractivity contribution in [3.8, 4) is 17.1 Å². The van der Waals surface area contributed by atoms with Gasteiger partial charge in [0.05, 0.1) is 12.8 Å². The van der Waals surface area contributed by atoms with E-state index in [0.29, 0.717) is 17.2 Å². The first-order valence-corrected chi connectivity index (χ1v) is 5.66. The van der Waals surface area contributed by atoms with E-state index in [1.54, 1.807) is 35.9 Å². The number of halogens is 2. The first-order valence-electron chi connectivity index (χ1n) is 5.66. The van der Waals surface area contributed by atoms with E-state index in [1.807, 2.05) is 0 Å². The average molecular weight is 260 g/mol. The molecule has 0 N–H and O–H groups in total. The Morgan fingerprint density at radius 3 is 2.74 bits per heavy atom. The van der Waals surface area contributed by atoms with Crippen LogP contribution in [0.1, 0.15) is 0 Å². The summed E-state index contributed by atoms with van der Waals surface area (Å²) in [5.41, 5.74) is 1.33. The van der Waals surface area contributed by atoms with Crippen LogP contribution in [0.5, 0.6) is 5.88 Å². The van der Waals surface area contributed by atoms with Gasteiger partial charge in [-0.05, 0) is 24.3 Å². The van der Waals surface area contributed by atoms with Crippen molar-refractivity contribution in [1.82, 2.24) is 9.38 Å². The Morgan fingerprint density at radius 1 is 1.16 bits per heavy atom. The quantitative estimate of drug-likeness (QED) is 0.706. The number of fused-ring (bicyclic) bond motifs is 1. The molecule has 0 aliphatic heterocycles. The minimum Gasteiger partial charge on any atom is -0.482 e. The second-order valence-electron chi connectivity index (χ2n) is 4.05. The summed E-state index contributed by atoms with van der Waals surface area (Å²) in [6, 6.07) is 8.79. The highest BCUT2D eigenvalue weighted by Crippen LogP contribution is 2.25. The lowest BCUT2D eigenvalue weighted by Crippen LogP contribution is -1.91. The van der Waals surface area contributed by atoms with E-state index < -0.39 is 11.6 Å². The molecular formula is C14H10F2N2O. The number of imidazole rings is 1. The van der Waals surface area contributed by atoms with Gasteiger partial charge in [-0.15, -0.1) is 0 Å². The van der Waals surface area contributed by atoms with Crippen LogP contribution < -0.4 is 4.74 Å². The molecule has 0 atom stereocenters. The fourth-order valence-electron chi connectivity index (χ4n) is 1.98. The summed E-state index contributed by atoms with van der Waals surface area (Å²) in [4.78, 5) is 4.30. The lowest BCUT2D eigenvalue weighted by atomic mass is 10.1. The number of benzene rings is 1. The van der Waals surface area contributed by atoms with E-state index in [9.17, 15) is 8.78 Å². The SMILES string of the molecule is COc1cccc2nc(-c3ccc(F)cc3F)cn12. The van der Waals surface area contributed by atoms with Crippen molar-refractivity contribution in [2.45, 2.75) is 0 Å². The molecule has 0 bridgehead atoms. The molecule has 19 heavy (non-hydrogen) atoms. The summed E-state index contributed by atoms with van der Waals surface area (Å²) >= 11 is 0. The van der Waals surface area contributed by atoms with Gasteiger partial charge < -0.3 is 4.74 Å². The highest BCUT2D eigenvalue weighted by molar-refractivity contribution is 5.63. The number of hydrogen-bond donors (Lipinski definition) is 0. The van der Waals surface area contributed by atoms with Crippen molar-refractivity contribution in [3.63, 3.8) is 0 Å².